The average molecular weight is 313 g/mol. The van der Waals surface area contributed by atoms with E-state index in [2.05, 4.69) is 16.0 Å². The van der Waals surface area contributed by atoms with Crippen LogP contribution in [0.5, 0.6) is 0 Å². The fraction of sp³-hybridized carbons (Fsp3) is 0.786. The maximum Gasteiger partial charge on any atom is 0.321 e. The van der Waals surface area contributed by atoms with Crippen LogP contribution >= 0.6 is 0 Å². The zero-order valence-electron chi connectivity index (χ0n) is 13.4. The first-order chi connectivity index (χ1) is 10.5. The molecule has 8 heteroatoms. The van der Waals surface area contributed by atoms with Crippen molar-refractivity contribution in [1.29, 1.82) is 0 Å². The van der Waals surface area contributed by atoms with E-state index < -0.39 is 12.1 Å². The Kier molecular flexibility index (Phi) is 7.83. The quantitative estimate of drug-likeness (QED) is 0.502. The monoisotopic (exact) mass is 313 g/mol. The second-order valence-corrected chi connectivity index (χ2v) is 5.44. The van der Waals surface area contributed by atoms with Crippen molar-refractivity contribution in [3.8, 4) is 0 Å². The van der Waals surface area contributed by atoms with Gasteiger partial charge in [0, 0.05) is 26.2 Å². The van der Waals surface area contributed by atoms with Crippen molar-refractivity contribution in [2.45, 2.75) is 32.7 Å². The van der Waals surface area contributed by atoms with Crippen LogP contribution in [0.4, 0.5) is 4.79 Å². The largest absolute Gasteiger partial charge is 0.355 e. The summed E-state index contributed by atoms with van der Waals surface area (Å²) in [6, 6.07) is -0.943. The fourth-order valence-electron chi connectivity index (χ4n) is 2.50. The molecule has 1 aliphatic heterocycles. The third kappa shape index (κ3) is 5.61. The topological polar surface area (TPSA) is 117 Å². The van der Waals surface area contributed by atoms with Gasteiger partial charge in [-0.3, -0.25) is 19.8 Å². The molecule has 5 N–H and O–H groups in total. The van der Waals surface area contributed by atoms with E-state index in [1.807, 2.05) is 4.90 Å². The van der Waals surface area contributed by atoms with Gasteiger partial charge in [0.15, 0.2) is 0 Å². The number of amides is 4. The summed E-state index contributed by atoms with van der Waals surface area (Å²) in [6.45, 7) is 6.11. The van der Waals surface area contributed by atoms with Crippen LogP contribution in [0.25, 0.3) is 0 Å². The molecule has 126 valence electrons. The number of hydrogen-bond donors (Lipinski definition) is 4. The number of nitrogens with one attached hydrogen (secondary N) is 3. The Morgan fingerprint density at radius 1 is 1.32 bits per heavy atom. The van der Waals surface area contributed by atoms with Crippen LogP contribution in [-0.2, 0) is 9.59 Å². The first kappa shape index (κ1) is 18.4. The summed E-state index contributed by atoms with van der Waals surface area (Å²) in [6.07, 6.45) is 1.65. The summed E-state index contributed by atoms with van der Waals surface area (Å²) in [4.78, 5) is 37.4. The predicted octanol–water partition coefficient (Wildman–Crippen LogP) is -0.992. The molecule has 1 heterocycles. The van der Waals surface area contributed by atoms with Crippen LogP contribution in [0.3, 0.4) is 0 Å². The van der Waals surface area contributed by atoms with Gasteiger partial charge in [-0.2, -0.15) is 0 Å². The van der Waals surface area contributed by atoms with Gasteiger partial charge in [0.05, 0.1) is 12.0 Å². The van der Waals surface area contributed by atoms with Crippen LogP contribution in [-0.4, -0.2) is 61.5 Å². The maximum atomic E-state index is 12.0. The molecule has 4 amide bonds. The van der Waals surface area contributed by atoms with E-state index in [4.69, 9.17) is 5.73 Å². The van der Waals surface area contributed by atoms with Crippen molar-refractivity contribution in [2.24, 2.45) is 11.7 Å². The number of rotatable bonds is 6. The number of carbonyl (C=O) groups excluding carboxylic acids is 3. The molecule has 8 nitrogen and oxygen atoms in total. The Morgan fingerprint density at radius 2 is 2.05 bits per heavy atom. The summed E-state index contributed by atoms with van der Waals surface area (Å²) >= 11 is 0. The van der Waals surface area contributed by atoms with Crippen molar-refractivity contribution >= 4 is 17.8 Å². The van der Waals surface area contributed by atoms with E-state index in [0.29, 0.717) is 26.2 Å². The van der Waals surface area contributed by atoms with Crippen LogP contribution in [0, 0.1) is 5.92 Å². The summed E-state index contributed by atoms with van der Waals surface area (Å²) < 4.78 is 0. The lowest BCUT2D eigenvalue weighted by Gasteiger charge is -2.35. The molecule has 1 aliphatic rings. The Hall–Kier alpha value is -1.67. The summed E-state index contributed by atoms with van der Waals surface area (Å²) in [5.74, 6) is -0.513. The highest BCUT2D eigenvalue weighted by atomic mass is 16.2. The summed E-state index contributed by atoms with van der Waals surface area (Å²) in [7, 11) is 0. The van der Waals surface area contributed by atoms with Gasteiger partial charge in [0.1, 0.15) is 0 Å². The number of nitrogens with zero attached hydrogens (tertiary/aromatic N) is 1. The van der Waals surface area contributed by atoms with E-state index in [0.717, 1.165) is 19.4 Å². The minimum absolute atomic E-state index is 0.0218. The molecule has 2 unspecified atom stereocenters. The van der Waals surface area contributed by atoms with E-state index in [1.54, 1.807) is 13.8 Å². The van der Waals surface area contributed by atoms with Crippen molar-refractivity contribution in [3.05, 3.63) is 0 Å². The van der Waals surface area contributed by atoms with Crippen LogP contribution in [0.15, 0.2) is 0 Å². The number of imide groups is 1. The van der Waals surface area contributed by atoms with Gasteiger partial charge in [-0.25, -0.2) is 4.79 Å². The fourth-order valence-corrected chi connectivity index (χ4v) is 2.50. The molecule has 0 saturated carbocycles. The second-order valence-electron chi connectivity index (χ2n) is 5.44. The van der Waals surface area contributed by atoms with E-state index in [9.17, 15) is 14.4 Å². The van der Waals surface area contributed by atoms with Crippen molar-refractivity contribution < 1.29 is 14.4 Å². The Bertz CT molecular complexity index is 402. The van der Waals surface area contributed by atoms with Crippen LogP contribution < -0.4 is 21.7 Å². The molecule has 0 aromatic carbocycles. The van der Waals surface area contributed by atoms with Gasteiger partial charge in [-0.05, 0) is 33.2 Å². The lowest BCUT2D eigenvalue weighted by atomic mass is 9.96. The summed E-state index contributed by atoms with van der Waals surface area (Å²) in [5, 5.41) is 7.61. The highest BCUT2D eigenvalue weighted by molar-refractivity contribution is 5.96. The molecule has 1 rings (SSSR count). The van der Waals surface area contributed by atoms with Gasteiger partial charge in [0.2, 0.25) is 11.8 Å². The van der Waals surface area contributed by atoms with E-state index >= 15 is 0 Å². The lowest BCUT2D eigenvalue weighted by Crippen LogP contribution is -2.53. The molecule has 0 aromatic heterocycles. The highest BCUT2D eigenvalue weighted by Crippen LogP contribution is 2.18. The predicted molar refractivity (Wildman–Crippen MR) is 83.0 cm³/mol. The minimum Gasteiger partial charge on any atom is -0.355 e. The molecular weight excluding hydrogens is 286 g/mol. The molecule has 0 aromatic rings. The zero-order valence-corrected chi connectivity index (χ0v) is 13.4. The molecule has 1 fully saturated rings. The lowest BCUT2D eigenvalue weighted by molar-refractivity contribution is -0.130. The van der Waals surface area contributed by atoms with Crippen LogP contribution in [0.1, 0.15) is 26.7 Å². The first-order valence-electron chi connectivity index (χ1n) is 7.80. The first-order valence-corrected chi connectivity index (χ1v) is 7.80. The van der Waals surface area contributed by atoms with Crippen molar-refractivity contribution in [1.82, 2.24) is 20.9 Å². The maximum absolute atomic E-state index is 12.0. The van der Waals surface area contributed by atoms with Gasteiger partial charge in [-0.1, -0.05) is 0 Å². The Balaban J connectivity index is 2.51. The molecule has 0 aliphatic carbocycles. The summed E-state index contributed by atoms with van der Waals surface area (Å²) in [5.41, 5.74) is 5.38. The van der Waals surface area contributed by atoms with Crippen molar-refractivity contribution in [2.75, 3.05) is 32.7 Å². The van der Waals surface area contributed by atoms with Gasteiger partial charge in [0.25, 0.3) is 0 Å². The normalized spacial score (nSPS) is 20.0. The average Bonchev–Trinajstić information content (AvgIpc) is 2.52. The van der Waals surface area contributed by atoms with Crippen LogP contribution in [0.2, 0.25) is 0 Å². The zero-order chi connectivity index (χ0) is 16.5. The number of piperidine rings is 1. The molecule has 2 atom stereocenters. The number of likely N-dealkylation sites (tertiary alicyclic amines) is 1. The van der Waals surface area contributed by atoms with Gasteiger partial charge < -0.3 is 16.4 Å². The molecule has 1 saturated heterocycles. The smallest absolute Gasteiger partial charge is 0.321 e. The third-order valence-electron chi connectivity index (χ3n) is 3.77. The molecule has 0 bridgehead atoms. The van der Waals surface area contributed by atoms with Crippen molar-refractivity contribution in [3.63, 3.8) is 0 Å². The second kappa shape index (κ2) is 9.37. The molecule has 22 heavy (non-hydrogen) atoms. The molecular formula is C14H27N5O3. The highest BCUT2D eigenvalue weighted by Gasteiger charge is 2.31. The Morgan fingerprint density at radius 3 is 2.68 bits per heavy atom. The Labute approximate surface area is 131 Å². The number of hydrogen-bond acceptors (Lipinski definition) is 5. The van der Waals surface area contributed by atoms with Gasteiger partial charge >= 0.3 is 6.03 Å². The van der Waals surface area contributed by atoms with E-state index in [1.165, 1.54) is 0 Å². The number of urea groups is 1. The number of nitrogens with two attached hydrogens (primary N) is 1. The molecule has 0 spiro atoms. The standard InChI is InChI=1S/C14H27N5O3/c1-3-16-14(22)18-12(20)10(2)19-8-4-5-11(9-19)13(21)17-7-6-15/h10-11H,3-9,15H2,1-2H3,(H,17,21)(H2,16,18,20,22). The van der Waals surface area contributed by atoms with Gasteiger partial charge in [-0.15, -0.1) is 0 Å². The number of carbonyl (C=O) groups is 3. The third-order valence-corrected chi connectivity index (χ3v) is 3.77. The van der Waals surface area contributed by atoms with E-state index in [-0.39, 0.29) is 17.7 Å². The SMILES string of the molecule is CCNC(=O)NC(=O)C(C)N1CCCC(C(=O)NCCN)C1. The molecule has 0 radical (unpaired) electrons. The minimum atomic E-state index is -0.492.